The van der Waals surface area contributed by atoms with E-state index in [-0.39, 0.29) is 54.1 Å². The van der Waals surface area contributed by atoms with Gasteiger partial charge in [0.25, 0.3) is 0 Å². The van der Waals surface area contributed by atoms with Crippen molar-refractivity contribution in [2.24, 2.45) is 4.99 Å². The van der Waals surface area contributed by atoms with Crippen LogP contribution in [0.15, 0.2) is 53.5 Å². The summed E-state index contributed by atoms with van der Waals surface area (Å²) in [7, 11) is 0. The Kier molecular flexibility index (Phi) is 11.5. The zero-order chi connectivity index (χ0) is 22.8. The second-order valence-electron chi connectivity index (χ2n) is 7.35. The highest BCUT2D eigenvalue weighted by Gasteiger charge is 2.23. The van der Waals surface area contributed by atoms with Crippen LogP contribution in [-0.4, -0.2) is 62.7 Å². The van der Waals surface area contributed by atoms with E-state index in [0.29, 0.717) is 38.0 Å². The number of ether oxygens (including phenoxy) is 1. The molecule has 0 aliphatic carbocycles. The van der Waals surface area contributed by atoms with Crippen LogP contribution in [0.2, 0.25) is 0 Å². The Balaban J connectivity index is 0.00000385. The predicted octanol–water partition coefficient (Wildman–Crippen LogP) is 3.15. The van der Waals surface area contributed by atoms with Crippen molar-refractivity contribution in [1.82, 2.24) is 15.5 Å². The molecule has 7 nitrogen and oxygen atoms in total. The predicted molar refractivity (Wildman–Crippen MR) is 136 cm³/mol. The molecule has 1 fully saturated rings. The largest absolute Gasteiger partial charge is 0.379 e. The Morgan fingerprint density at radius 3 is 2.24 bits per heavy atom. The fraction of sp³-hybridized carbons (Fsp3) is 0.391. The molecule has 1 aliphatic heterocycles. The molecule has 0 aromatic heterocycles. The number of anilines is 1. The number of rotatable bonds is 8. The van der Waals surface area contributed by atoms with E-state index in [2.05, 4.69) is 25.8 Å². The minimum absolute atomic E-state index is 0. The van der Waals surface area contributed by atoms with E-state index >= 15 is 0 Å². The van der Waals surface area contributed by atoms with Crippen molar-refractivity contribution in [3.8, 4) is 0 Å². The van der Waals surface area contributed by atoms with E-state index < -0.39 is 0 Å². The highest BCUT2D eigenvalue weighted by molar-refractivity contribution is 14.0. The smallest absolute Gasteiger partial charge is 0.246 e. The van der Waals surface area contributed by atoms with Crippen LogP contribution in [0.4, 0.5) is 14.5 Å². The van der Waals surface area contributed by atoms with Crippen molar-refractivity contribution in [2.45, 2.75) is 13.0 Å². The number of benzene rings is 2. The highest BCUT2D eigenvalue weighted by atomic mass is 127. The van der Waals surface area contributed by atoms with Crippen LogP contribution >= 0.6 is 24.0 Å². The van der Waals surface area contributed by atoms with Gasteiger partial charge in [0.05, 0.1) is 19.3 Å². The molecule has 3 rings (SSSR count). The summed E-state index contributed by atoms with van der Waals surface area (Å²) in [5.41, 5.74) is 1.50. The Labute approximate surface area is 210 Å². The Morgan fingerprint density at radius 1 is 1.03 bits per heavy atom. The molecule has 0 radical (unpaired) electrons. The van der Waals surface area contributed by atoms with Crippen LogP contribution in [0, 0.1) is 11.6 Å². The van der Waals surface area contributed by atoms with Gasteiger partial charge in [-0.1, -0.05) is 12.1 Å². The maximum Gasteiger partial charge on any atom is 0.246 e. The van der Waals surface area contributed by atoms with Crippen LogP contribution in [0.5, 0.6) is 0 Å². The highest BCUT2D eigenvalue weighted by Crippen LogP contribution is 2.21. The first-order valence-electron chi connectivity index (χ1n) is 10.7. The quantitative estimate of drug-likeness (QED) is 0.257. The monoisotopic (exact) mass is 573 g/mol. The maximum atomic E-state index is 13.4. The summed E-state index contributed by atoms with van der Waals surface area (Å²) in [4.78, 5) is 18.9. The third kappa shape index (κ3) is 8.86. The average molecular weight is 573 g/mol. The first-order valence-corrected chi connectivity index (χ1v) is 10.7. The molecule has 0 spiro atoms. The second-order valence-corrected chi connectivity index (χ2v) is 7.35. The number of aliphatic imine (C=N–C) groups is 1. The van der Waals surface area contributed by atoms with E-state index in [1.54, 1.807) is 12.1 Å². The number of amides is 1. The number of morpholine rings is 1. The number of halogens is 3. The summed E-state index contributed by atoms with van der Waals surface area (Å²) >= 11 is 0. The number of carbonyl (C=O) groups is 1. The number of hydrogen-bond acceptors (Lipinski definition) is 4. The molecule has 180 valence electrons. The van der Waals surface area contributed by atoms with Crippen LogP contribution in [-0.2, 0) is 9.53 Å². The van der Waals surface area contributed by atoms with Gasteiger partial charge in [0.1, 0.15) is 18.2 Å². The molecular weight excluding hydrogens is 543 g/mol. The summed E-state index contributed by atoms with van der Waals surface area (Å²) in [5, 5.41) is 9.11. The molecule has 2 aromatic carbocycles. The third-order valence-corrected chi connectivity index (χ3v) is 5.06. The zero-order valence-corrected chi connectivity index (χ0v) is 20.9. The number of nitrogens with zero attached hydrogens (tertiary/aromatic N) is 2. The standard InChI is InChI=1S/C23H29F2N5O2.HI/c1-2-26-23(28-16-22(31)29-20-9-7-19(25)8-10-20)27-15-21(30-11-13-32-14-12-30)17-3-5-18(24)6-4-17;/h3-10,21H,2,11-16H2,1H3,(H,29,31)(H2,26,27,28);1H. The molecule has 1 unspecified atom stereocenters. The molecule has 33 heavy (non-hydrogen) atoms. The van der Waals surface area contributed by atoms with Crippen molar-refractivity contribution in [3.63, 3.8) is 0 Å². The third-order valence-electron chi connectivity index (χ3n) is 5.06. The van der Waals surface area contributed by atoms with Crippen molar-refractivity contribution in [1.29, 1.82) is 0 Å². The minimum Gasteiger partial charge on any atom is -0.379 e. The van der Waals surface area contributed by atoms with Gasteiger partial charge in [-0.25, -0.2) is 13.8 Å². The van der Waals surface area contributed by atoms with Gasteiger partial charge in [-0.05, 0) is 48.9 Å². The van der Waals surface area contributed by atoms with Crippen LogP contribution < -0.4 is 16.0 Å². The fourth-order valence-electron chi connectivity index (χ4n) is 3.45. The number of hydrogen-bond donors (Lipinski definition) is 3. The average Bonchev–Trinajstić information content (AvgIpc) is 2.81. The summed E-state index contributed by atoms with van der Waals surface area (Å²) in [5.74, 6) is -0.445. The lowest BCUT2D eigenvalue weighted by atomic mass is 10.0. The van der Waals surface area contributed by atoms with Gasteiger partial charge in [0, 0.05) is 31.9 Å². The van der Waals surface area contributed by atoms with Gasteiger partial charge in [-0.3, -0.25) is 9.69 Å². The maximum absolute atomic E-state index is 13.4. The number of carbonyl (C=O) groups excluding carboxylic acids is 1. The van der Waals surface area contributed by atoms with Crippen LogP contribution in [0.25, 0.3) is 0 Å². The number of nitrogens with one attached hydrogen (secondary N) is 3. The lowest BCUT2D eigenvalue weighted by Crippen LogP contribution is -2.46. The van der Waals surface area contributed by atoms with Crippen LogP contribution in [0.3, 0.4) is 0 Å². The molecular formula is C23H30F2IN5O2. The van der Waals surface area contributed by atoms with E-state index in [1.165, 1.54) is 36.4 Å². The lowest BCUT2D eigenvalue weighted by molar-refractivity contribution is -0.114. The minimum atomic E-state index is -0.365. The lowest BCUT2D eigenvalue weighted by Gasteiger charge is -2.35. The molecule has 3 N–H and O–H groups in total. The Hall–Kier alpha value is -2.31. The molecule has 0 saturated carbocycles. The van der Waals surface area contributed by atoms with Gasteiger partial charge >= 0.3 is 0 Å². The van der Waals surface area contributed by atoms with Crippen LogP contribution in [0.1, 0.15) is 18.5 Å². The Morgan fingerprint density at radius 2 is 1.64 bits per heavy atom. The zero-order valence-electron chi connectivity index (χ0n) is 18.5. The fourth-order valence-corrected chi connectivity index (χ4v) is 3.45. The topological polar surface area (TPSA) is 78.0 Å². The van der Waals surface area contributed by atoms with Crippen molar-refractivity contribution >= 4 is 41.5 Å². The van der Waals surface area contributed by atoms with Gasteiger partial charge in [0.2, 0.25) is 5.91 Å². The van der Waals surface area contributed by atoms with E-state index in [1.807, 2.05) is 6.92 Å². The Bertz CT molecular complexity index is 891. The van der Waals surface area contributed by atoms with E-state index in [4.69, 9.17) is 4.74 Å². The molecule has 1 amide bonds. The SMILES string of the molecule is CCNC(=NCC(=O)Nc1ccc(F)cc1)NCC(c1ccc(F)cc1)N1CCOCC1.I. The number of guanidine groups is 1. The molecule has 1 saturated heterocycles. The summed E-state index contributed by atoms with van der Waals surface area (Å²) in [6, 6.07) is 12.1. The first kappa shape index (κ1) is 26.9. The van der Waals surface area contributed by atoms with Crippen molar-refractivity contribution in [2.75, 3.05) is 51.3 Å². The van der Waals surface area contributed by atoms with Gasteiger partial charge in [-0.2, -0.15) is 0 Å². The molecule has 1 atom stereocenters. The first-order chi connectivity index (χ1) is 15.5. The normalized spacial score (nSPS) is 15.3. The van der Waals surface area contributed by atoms with Gasteiger partial charge in [0.15, 0.2) is 5.96 Å². The molecule has 10 heteroatoms. The van der Waals surface area contributed by atoms with Gasteiger partial charge < -0.3 is 20.7 Å². The summed E-state index contributed by atoms with van der Waals surface area (Å²) < 4.78 is 31.9. The molecule has 0 bridgehead atoms. The van der Waals surface area contributed by atoms with Crippen molar-refractivity contribution < 1.29 is 18.3 Å². The van der Waals surface area contributed by atoms with E-state index in [9.17, 15) is 13.6 Å². The van der Waals surface area contributed by atoms with Gasteiger partial charge in [-0.15, -0.1) is 24.0 Å². The van der Waals surface area contributed by atoms with Crippen molar-refractivity contribution in [3.05, 3.63) is 65.7 Å². The second kappa shape index (κ2) is 14.1. The summed E-state index contributed by atoms with van der Waals surface area (Å²) in [6.07, 6.45) is 0. The molecule has 1 aliphatic rings. The molecule has 2 aromatic rings. The summed E-state index contributed by atoms with van der Waals surface area (Å²) in [6.45, 7) is 5.85. The molecule has 1 heterocycles. The van der Waals surface area contributed by atoms with E-state index in [0.717, 1.165) is 18.7 Å².